The van der Waals surface area contributed by atoms with Gasteiger partial charge in [-0.2, -0.15) is 0 Å². The second-order valence-electron chi connectivity index (χ2n) is 9.28. The molecule has 5 rings (SSSR count). The number of alkyl carbamates (subject to hydrolysis) is 1. The van der Waals surface area contributed by atoms with E-state index in [-0.39, 0.29) is 12.4 Å². The van der Waals surface area contributed by atoms with Crippen LogP contribution in [0.15, 0.2) is 118 Å². The minimum absolute atomic E-state index is 0.0541. The van der Waals surface area contributed by atoms with E-state index in [4.69, 9.17) is 13.9 Å². The largest absolute Gasteiger partial charge is 0.445 e. The van der Waals surface area contributed by atoms with E-state index in [9.17, 15) is 14.4 Å². The van der Waals surface area contributed by atoms with E-state index < -0.39 is 23.7 Å². The van der Waals surface area contributed by atoms with Gasteiger partial charge in [0.2, 0.25) is 0 Å². The molecule has 7 nitrogen and oxygen atoms in total. The first-order valence-electron chi connectivity index (χ1n) is 12.8. The van der Waals surface area contributed by atoms with Crippen molar-refractivity contribution in [2.45, 2.75) is 26.0 Å². The van der Waals surface area contributed by atoms with Crippen molar-refractivity contribution in [1.29, 1.82) is 0 Å². The Bertz CT molecular complexity index is 1680. The monoisotopic (exact) mass is 533 g/mol. The Balaban J connectivity index is 1.34. The molecule has 0 radical (unpaired) electrons. The van der Waals surface area contributed by atoms with Gasteiger partial charge in [0.05, 0.1) is 0 Å². The third-order valence-corrected chi connectivity index (χ3v) is 6.54. The van der Waals surface area contributed by atoms with Crippen LogP contribution in [0, 0.1) is 6.92 Å². The Morgan fingerprint density at radius 1 is 0.825 bits per heavy atom. The fourth-order valence-electron chi connectivity index (χ4n) is 4.42. The van der Waals surface area contributed by atoms with Crippen LogP contribution < -0.4 is 15.7 Å². The Labute approximate surface area is 231 Å². The number of hydrogen-bond donors (Lipinski definition) is 1. The fourth-order valence-corrected chi connectivity index (χ4v) is 4.42. The first-order valence-corrected chi connectivity index (χ1v) is 12.8. The van der Waals surface area contributed by atoms with Gasteiger partial charge in [-0.15, -0.1) is 0 Å². The highest BCUT2D eigenvalue weighted by molar-refractivity contribution is 5.86. The summed E-state index contributed by atoms with van der Waals surface area (Å²) in [6, 6.07) is 31.4. The zero-order valence-electron chi connectivity index (χ0n) is 21.8. The minimum atomic E-state index is -1.12. The standard InChI is InChI=1S/C33H27NO6/c1-22-27-18-17-26(20-29(27)40-31(35)28(22)19-23-11-5-2-6-12-23)39-32(36)30(25-15-9-4-10-16-25)34-33(37)38-21-24-13-7-3-8-14-24/h2-18,20,30H,19,21H2,1H3,(H,34,37)/t30-/m0/s1. The van der Waals surface area contributed by atoms with E-state index in [0.29, 0.717) is 23.1 Å². The predicted molar refractivity (Wildman–Crippen MR) is 151 cm³/mol. The van der Waals surface area contributed by atoms with Gasteiger partial charge in [-0.1, -0.05) is 91.0 Å². The van der Waals surface area contributed by atoms with Crippen LogP contribution >= 0.6 is 0 Å². The molecule has 7 heteroatoms. The summed E-state index contributed by atoms with van der Waals surface area (Å²) < 4.78 is 16.6. The molecule has 1 heterocycles. The van der Waals surface area contributed by atoms with Crippen molar-refractivity contribution >= 4 is 23.0 Å². The second kappa shape index (κ2) is 12.1. The number of carbonyl (C=O) groups is 2. The summed E-state index contributed by atoms with van der Waals surface area (Å²) in [5.41, 5.74) is 3.58. The van der Waals surface area contributed by atoms with Gasteiger partial charge in [0.1, 0.15) is 17.9 Å². The van der Waals surface area contributed by atoms with Crippen LogP contribution in [0.4, 0.5) is 4.79 Å². The van der Waals surface area contributed by atoms with Crippen LogP contribution in [0.3, 0.4) is 0 Å². The number of amides is 1. The Morgan fingerprint density at radius 3 is 2.12 bits per heavy atom. The molecule has 0 aliphatic heterocycles. The molecule has 5 aromatic rings. The number of aryl methyl sites for hydroxylation is 1. The van der Waals surface area contributed by atoms with Crippen LogP contribution in [-0.2, 0) is 22.6 Å². The molecule has 1 aromatic heterocycles. The van der Waals surface area contributed by atoms with Crippen molar-refractivity contribution in [3.63, 3.8) is 0 Å². The van der Waals surface area contributed by atoms with Gasteiger partial charge >= 0.3 is 17.7 Å². The zero-order chi connectivity index (χ0) is 27.9. The van der Waals surface area contributed by atoms with E-state index in [1.807, 2.05) is 67.6 Å². The van der Waals surface area contributed by atoms with Gasteiger partial charge < -0.3 is 19.2 Å². The third kappa shape index (κ3) is 6.27. The lowest BCUT2D eigenvalue weighted by Crippen LogP contribution is -2.36. The molecular weight excluding hydrogens is 506 g/mol. The van der Waals surface area contributed by atoms with Gasteiger partial charge in [-0.3, -0.25) is 0 Å². The third-order valence-electron chi connectivity index (χ3n) is 6.54. The zero-order valence-corrected chi connectivity index (χ0v) is 21.8. The maximum absolute atomic E-state index is 13.3. The summed E-state index contributed by atoms with van der Waals surface area (Å²) in [4.78, 5) is 38.7. The molecule has 1 atom stereocenters. The molecule has 1 N–H and O–H groups in total. The molecule has 0 aliphatic carbocycles. The molecule has 0 unspecified atom stereocenters. The van der Waals surface area contributed by atoms with Crippen molar-refractivity contribution in [3.8, 4) is 5.75 Å². The van der Waals surface area contributed by atoms with Crippen molar-refractivity contribution in [1.82, 2.24) is 5.32 Å². The van der Waals surface area contributed by atoms with E-state index in [1.165, 1.54) is 6.07 Å². The van der Waals surface area contributed by atoms with Gasteiger partial charge in [-0.05, 0) is 41.3 Å². The number of nitrogens with one attached hydrogen (secondary N) is 1. The van der Waals surface area contributed by atoms with Crippen LogP contribution in [0.25, 0.3) is 11.0 Å². The van der Waals surface area contributed by atoms with Crippen molar-refractivity contribution in [2.24, 2.45) is 0 Å². The van der Waals surface area contributed by atoms with Gasteiger partial charge in [0.15, 0.2) is 6.04 Å². The molecule has 200 valence electrons. The van der Waals surface area contributed by atoms with Gasteiger partial charge in [-0.25, -0.2) is 14.4 Å². The smallest absolute Gasteiger partial charge is 0.408 e. The number of hydrogen-bond acceptors (Lipinski definition) is 6. The minimum Gasteiger partial charge on any atom is -0.445 e. The summed E-state index contributed by atoms with van der Waals surface area (Å²) in [7, 11) is 0. The molecule has 0 saturated carbocycles. The lowest BCUT2D eigenvalue weighted by Gasteiger charge is -2.18. The molecule has 0 saturated heterocycles. The molecular formula is C33H27NO6. The van der Waals surface area contributed by atoms with Crippen LogP contribution in [0.2, 0.25) is 0 Å². The summed E-state index contributed by atoms with van der Waals surface area (Å²) in [6.45, 7) is 1.93. The molecule has 0 bridgehead atoms. The molecule has 0 aliphatic rings. The average Bonchev–Trinajstić information content (AvgIpc) is 2.98. The predicted octanol–water partition coefficient (Wildman–Crippen LogP) is 6.27. The lowest BCUT2D eigenvalue weighted by atomic mass is 10.00. The first-order chi connectivity index (χ1) is 19.5. The molecule has 0 spiro atoms. The highest BCUT2D eigenvalue weighted by Crippen LogP contribution is 2.26. The molecule has 0 fully saturated rings. The lowest BCUT2D eigenvalue weighted by molar-refractivity contribution is -0.136. The highest BCUT2D eigenvalue weighted by atomic mass is 16.6. The Hall–Kier alpha value is -5.17. The first kappa shape index (κ1) is 26.4. The fraction of sp³-hybridized carbons (Fsp3) is 0.121. The maximum Gasteiger partial charge on any atom is 0.408 e. The van der Waals surface area contributed by atoms with Crippen LogP contribution in [-0.4, -0.2) is 12.1 Å². The average molecular weight is 534 g/mol. The van der Waals surface area contributed by atoms with Gasteiger partial charge in [0.25, 0.3) is 0 Å². The SMILES string of the molecule is Cc1c(Cc2ccccc2)c(=O)oc2cc(OC(=O)[C@@H](NC(=O)OCc3ccccc3)c3ccccc3)ccc12. The van der Waals surface area contributed by atoms with Crippen molar-refractivity contribution < 1.29 is 23.5 Å². The van der Waals surface area contributed by atoms with E-state index in [2.05, 4.69) is 5.32 Å². The summed E-state index contributed by atoms with van der Waals surface area (Å²) in [6.07, 6.45) is -0.312. The Morgan fingerprint density at radius 2 is 1.45 bits per heavy atom. The molecule has 40 heavy (non-hydrogen) atoms. The summed E-state index contributed by atoms with van der Waals surface area (Å²) in [5, 5.41) is 3.34. The number of benzene rings is 4. The summed E-state index contributed by atoms with van der Waals surface area (Å²) >= 11 is 0. The van der Waals surface area contributed by atoms with E-state index in [0.717, 1.165) is 22.1 Å². The van der Waals surface area contributed by atoms with Gasteiger partial charge in [0, 0.05) is 23.4 Å². The van der Waals surface area contributed by atoms with Crippen LogP contribution in [0.1, 0.15) is 33.9 Å². The van der Waals surface area contributed by atoms with E-state index >= 15 is 0 Å². The molecule has 1 amide bonds. The number of esters is 1. The maximum atomic E-state index is 13.3. The van der Waals surface area contributed by atoms with Crippen molar-refractivity contribution in [2.75, 3.05) is 0 Å². The number of fused-ring (bicyclic) bond motifs is 1. The topological polar surface area (TPSA) is 94.8 Å². The normalized spacial score (nSPS) is 11.5. The molecule has 4 aromatic carbocycles. The van der Waals surface area contributed by atoms with Crippen LogP contribution in [0.5, 0.6) is 5.75 Å². The second-order valence-corrected chi connectivity index (χ2v) is 9.28. The summed E-state index contributed by atoms with van der Waals surface area (Å²) in [5.74, 6) is -0.543. The van der Waals surface area contributed by atoms with Crippen molar-refractivity contribution in [3.05, 3.63) is 147 Å². The Kier molecular flexibility index (Phi) is 8.02. The number of carbonyl (C=O) groups excluding carboxylic acids is 2. The number of ether oxygens (including phenoxy) is 2. The van der Waals surface area contributed by atoms with E-state index in [1.54, 1.807) is 42.5 Å². The highest BCUT2D eigenvalue weighted by Gasteiger charge is 2.26. The quantitative estimate of drug-likeness (QED) is 0.144. The number of rotatable bonds is 8.